The van der Waals surface area contributed by atoms with E-state index in [0.717, 1.165) is 12.0 Å². The molecule has 1 aromatic carbocycles. The summed E-state index contributed by atoms with van der Waals surface area (Å²) in [6.45, 7) is 0. The minimum Gasteiger partial charge on any atom is -0.281 e. The largest absolute Gasteiger partial charge is 0.281 e. The smallest absolute Gasteiger partial charge is 0.225 e. The molecule has 4 heteroatoms. The van der Waals surface area contributed by atoms with Gasteiger partial charge in [0.2, 0.25) is 5.24 Å². The Bertz CT molecular complexity index is 436. The summed E-state index contributed by atoms with van der Waals surface area (Å²) in [6.07, 6.45) is 2.68. The maximum atomic E-state index is 10.9. The summed E-state index contributed by atoms with van der Waals surface area (Å²) < 4.78 is 0. The molecule has 0 spiro atoms. The van der Waals surface area contributed by atoms with Gasteiger partial charge in [-0.15, -0.1) is 0 Å². The number of carbonyl (C=O) groups excluding carboxylic acids is 1. The zero-order valence-electron chi connectivity index (χ0n) is 8.29. The first-order valence-corrected chi connectivity index (χ1v) is 6.04. The minimum absolute atomic E-state index is 0.0530. The minimum atomic E-state index is -0.276. The van der Waals surface area contributed by atoms with E-state index in [4.69, 9.17) is 34.8 Å². The molecule has 0 saturated heterocycles. The summed E-state index contributed by atoms with van der Waals surface area (Å²) in [4.78, 5) is 10.9. The summed E-state index contributed by atoms with van der Waals surface area (Å²) in [5.41, 5.74) is 0.902. The number of carbonyl (C=O) groups is 1. The fourth-order valence-corrected chi connectivity index (χ4v) is 2.22. The molecule has 0 aliphatic heterocycles. The summed E-state index contributed by atoms with van der Waals surface area (Å²) in [6, 6.07) is 7.26. The van der Waals surface area contributed by atoms with Crippen LogP contribution in [0.1, 0.15) is 12.0 Å². The van der Waals surface area contributed by atoms with E-state index in [1.807, 2.05) is 18.2 Å². The van der Waals surface area contributed by atoms with Gasteiger partial charge in [-0.25, -0.2) is 0 Å². The Hall–Kier alpha value is -0.500. The van der Waals surface area contributed by atoms with Gasteiger partial charge in [0.05, 0.1) is 0 Å². The third-order valence-corrected chi connectivity index (χ3v) is 3.49. The molecular weight excluding hydrogens is 266 g/mol. The Morgan fingerprint density at radius 1 is 1.25 bits per heavy atom. The van der Waals surface area contributed by atoms with Gasteiger partial charge >= 0.3 is 0 Å². The Labute approximate surface area is 109 Å². The summed E-state index contributed by atoms with van der Waals surface area (Å²) >= 11 is 17.3. The highest BCUT2D eigenvalue weighted by molar-refractivity contribution is 6.64. The van der Waals surface area contributed by atoms with Crippen LogP contribution in [0.25, 0.3) is 5.03 Å². The van der Waals surface area contributed by atoms with E-state index in [-0.39, 0.29) is 17.1 Å². The van der Waals surface area contributed by atoms with E-state index >= 15 is 0 Å². The van der Waals surface area contributed by atoms with Crippen LogP contribution >= 0.6 is 34.8 Å². The average molecular weight is 276 g/mol. The molecule has 16 heavy (non-hydrogen) atoms. The second-order valence-corrected chi connectivity index (χ2v) is 5.05. The van der Waals surface area contributed by atoms with E-state index in [2.05, 4.69) is 0 Å². The molecule has 84 valence electrons. The highest BCUT2D eigenvalue weighted by Crippen LogP contribution is 2.43. The van der Waals surface area contributed by atoms with Crippen LogP contribution in [-0.4, -0.2) is 5.24 Å². The van der Waals surface area contributed by atoms with Gasteiger partial charge in [-0.05, 0) is 41.6 Å². The predicted molar refractivity (Wildman–Crippen MR) is 67.7 cm³/mol. The van der Waals surface area contributed by atoms with E-state index < -0.39 is 0 Å². The van der Waals surface area contributed by atoms with Crippen molar-refractivity contribution in [2.75, 3.05) is 0 Å². The predicted octanol–water partition coefficient (Wildman–Crippen LogP) is 4.32. The molecular formula is C12H9Cl3O. The maximum absolute atomic E-state index is 10.9. The van der Waals surface area contributed by atoms with Crippen LogP contribution in [0.2, 0.25) is 5.02 Å². The first-order valence-electron chi connectivity index (χ1n) is 4.90. The average Bonchev–Trinajstić information content (AvgIpc) is 2.98. The normalized spacial score (nSPS) is 24.3. The molecule has 1 fully saturated rings. The first kappa shape index (κ1) is 12.0. The highest BCUT2D eigenvalue weighted by atomic mass is 35.5. The lowest BCUT2D eigenvalue weighted by molar-refractivity contribution is -0.112. The molecule has 0 heterocycles. The van der Waals surface area contributed by atoms with Gasteiger partial charge in [-0.2, -0.15) is 0 Å². The molecule has 2 atom stereocenters. The molecule has 1 aliphatic rings. The van der Waals surface area contributed by atoms with E-state index in [1.54, 1.807) is 12.1 Å². The quantitative estimate of drug-likeness (QED) is 0.751. The van der Waals surface area contributed by atoms with Crippen molar-refractivity contribution in [3.05, 3.63) is 40.9 Å². The Balaban J connectivity index is 2.08. The molecule has 1 nitrogen and oxygen atoms in total. The van der Waals surface area contributed by atoms with Crippen LogP contribution < -0.4 is 0 Å². The van der Waals surface area contributed by atoms with Crippen molar-refractivity contribution in [1.29, 1.82) is 0 Å². The van der Waals surface area contributed by atoms with Crippen molar-refractivity contribution in [2.24, 2.45) is 11.8 Å². The van der Waals surface area contributed by atoms with Gasteiger partial charge in [0.15, 0.2) is 0 Å². The highest BCUT2D eigenvalue weighted by Gasteiger charge is 2.40. The number of benzene rings is 1. The van der Waals surface area contributed by atoms with Crippen molar-refractivity contribution in [2.45, 2.75) is 6.42 Å². The fourth-order valence-electron chi connectivity index (χ4n) is 1.55. The monoisotopic (exact) mass is 274 g/mol. The van der Waals surface area contributed by atoms with Crippen LogP contribution in [0.4, 0.5) is 0 Å². The van der Waals surface area contributed by atoms with Gasteiger partial charge < -0.3 is 0 Å². The molecule has 0 unspecified atom stereocenters. The van der Waals surface area contributed by atoms with Crippen molar-refractivity contribution >= 4 is 45.1 Å². The Kier molecular flexibility index (Phi) is 3.58. The zero-order valence-corrected chi connectivity index (χ0v) is 10.6. The lowest BCUT2D eigenvalue weighted by Crippen LogP contribution is -1.90. The standard InChI is InChI=1S/C12H9Cl3O/c13-9-3-1-7(2-4-9)11(14)6-8-5-10(8)12(15)16/h1-4,6,8,10H,5H2/t8-,10+/m0/s1. The Morgan fingerprint density at radius 3 is 2.38 bits per heavy atom. The summed E-state index contributed by atoms with van der Waals surface area (Å²) in [5.74, 6) is 0.135. The third-order valence-electron chi connectivity index (χ3n) is 2.61. The summed E-state index contributed by atoms with van der Waals surface area (Å²) in [7, 11) is 0. The van der Waals surface area contributed by atoms with Crippen molar-refractivity contribution in [3.63, 3.8) is 0 Å². The number of allylic oxidation sites excluding steroid dienone is 1. The van der Waals surface area contributed by atoms with Gasteiger partial charge in [0, 0.05) is 16.0 Å². The van der Waals surface area contributed by atoms with E-state index in [1.165, 1.54) is 0 Å². The second kappa shape index (κ2) is 4.79. The topological polar surface area (TPSA) is 17.1 Å². The van der Waals surface area contributed by atoms with Gasteiger partial charge in [0.1, 0.15) is 0 Å². The van der Waals surface area contributed by atoms with Gasteiger partial charge in [0.25, 0.3) is 0 Å². The summed E-state index contributed by atoms with van der Waals surface area (Å²) in [5, 5.41) is 1.04. The zero-order chi connectivity index (χ0) is 11.7. The first-order chi connectivity index (χ1) is 7.58. The Morgan fingerprint density at radius 2 is 1.88 bits per heavy atom. The van der Waals surface area contributed by atoms with Crippen LogP contribution in [0.5, 0.6) is 0 Å². The van der Waals surface area contributed by atoms with Gasteiger partial charge in [-0.1, -0.05) is 41.4 Å². The number of hydrogen-bond acceptors (Lipinski definition) is 1. The maximum Gasteiger partial charge on any atom is 0.225 e. The van der Waals surface area contributed by atoms with Crippen molar-refractivity contribution in [1.82, 2.24) is 0 Å². The molecule has 1 aromatic rings. The second-order valence-electron chi connectivity index (χ2n) is 3.83. The third kappa shape index (κ3) is 2.79. The van der Waals surface area contributed by atoms with E-state index in [9.17, 15) is 4.79 Å². The molecule has 0 amide bonds. The lowest BCUT2D eigenvalue weighted by atomic mass is 10.2. The van der Waals surface area contributed by atoms with Crippen molar-refractivity contribution in [3.8, 4) is 0 Å². The molecule has 0 aromatic heterocycles. The SMILES string of the molecule is O=C(Cl)[C@@H]1C[C@H]1C=C(Cl)c1ccc(Cl)cc1. The van der Waals surface area contributed by atoms with Crippen LogP contribution in [0.3, 0.4) is 0 Å². The molecule has 0 bridgehead atoms. The van der Waals surface area contributed by atoms with Gasteiger partial charge in [-0.3, -0.25) is 4.79 Å². The molecule has 1 saturated carbocycles. The van der Waals surface area contributed by atoms with E-state index in [0.29, 0.717) is 10.1 Å². The molecule has 0 N–H and O–H groups in total. The number of rotatable bonds is 3. The van der Waals surface area contributed by atoms with Crippen LogP contribution in [0.15, 0.2) is 30.3 Å². The van der Waals surface area contributed by atoms with Crippen LogP contribution in [0, 0.1) is 11.8 Å². The van der Waals surface area contributed by atoms with Crippen LogP contribution in [-0.2, 0) is 4.79 Å². The number of halogens is 3. The van der Waals surface area contributed by atoms with Crippen molar-refractivity contribution < 1.29 is 4.79 Å². The molecule has 2 rings (SSSR count). The molecule has 1 aliphatic carbocycles. The number of hydrogen-bond donors (Lipinski definition) is 0. The fraction of sp³-hybridized carbons (Fsp3) is 0.250. The molecule has 0 radical (unpaired) electrons. The lowest BCUT2D eigenvalue weighted by Gasteiger charge is -1.99.